The molecule has 2 heterocycles. The van der Waals surface area contributed by atoms with Gasteiger partial charge in [0.15, 0.2) is 0 Å². The Hall–Kier alpha value is -2.59. The minimum atomic E-state index is 0.0429. The minimum absolute atomic E-state index is 0.0429. The summed E-state index contributed by atoms with van der Waals surface area (Å²) in [7, 11) is 0. The maximum atomic E-state index is 12.2. The fourth-order valence-corrected chi connectivity index (χ4v) is 3.69. The molecule has 0 aliphatic carbocycles. The van der Waals surface area contributed by atoms with Gasteiger partial charge in [-0.1, -0.05) is 41.9 Å². The van der Waals surface area contributed by atoms with Crippen LogP contribution in [0.3, 0.4) is 0 Å². The van der Waals surface area contributed by atoms with Gasteiger partial charge in [0.05, 0.1) is 5.69 Å². The van der Waals surface area contributed by atoms with E-state index in [1.54, 1.807) is 0 Å². The monoisotopic (exact) mass is 379 g/mol. The van der Waals surface area contributed by atoms with E-state index < -0.39 is 0 Å². The Morgan fingerprint density at radius 3 is 2.85 bits per heavy atom. The molecule has 27 heavy (non-hydrogen) atoms. The molecule has 2 aromatic carbocycles. The quantitative estimate of drug-likeness (QED) is 0.690. The number of rotatable bonds is 6. The Morgan fingerprint density at radius 2 is 2.00 bits per heavy atom. The van der Waals surface area contributed by atoms with E-state index in [0.29, 0.717) is 24.4 Å². The summed E-state index contributed by atoms with van der Waals surface area (Å²) in [6.45, 7) is 1.58. The Balaban J connectivity index is 1.33. The summed E-state index contributed by atoms with van der Waals surface area (Å²) in [5.41, 5.74) is 4.27. The van der Waals surface area contributed by atoms with Crippen molar-refractivity contribution in [2.45, 2.75) is 38.8 Å². The number of carbonyl (C=O) groups is 1. The van der Waals surface area contributed by atoms with Crippen molar-refractivity contribution < 1.29 is 4.79 Å². The van der Waals surface area contributed by atoms with Crippen molar-refractivity contribution in [3.05, 3.63) is 76.7 Å². The number of carbonyl (C=O) groups excluding carboxylic acids is 1. The SMILES string of the molecule is O=C(CCc1cccc(Cl)c1)NCc1cccc(-c2cn3c(n2)CCC3)c1. The van der Waals surface area contributed by atoms with Crippen LogP contribution in [0.5, 0.6) is 0 Å². The third kappa shape index (κ3) is 4.40. The molecule has 0 unspecified atom stereocenters. The first kappa shape index (κ1) is 17.8. The van der Waals surface area contributed by atoms with Crippen molar-refractivity contribution in [2.24, 2.45) is 0 Å². The van der Waals surface area contributed by atoms with Gasteiger partial charge in [-0.15, -0.1) is 0 Å². The fraction of sp³-hybridized carbons (Fsp3) is 0.273. The van der Waals surface area contributed by atoms with Gasteiger partial charge >= 0.3 is 0 Å². The molecule has 138 valence electrons. The van der Waals surface area contributed by atoms with E-state index >= 15 is 0 Å². The van der Waals surface area contributed by atoms with Crippen LogP contribution in [-0.4, -0.2) is 15.5 Å². The molecule has 0 bridgehead atoms. The lowest BCUT2D eigenvalue weighted by Gasteiger charge is -2.07. The second-order valence-electron chi connectivity index (χ2n) is 6.95. The van der Waals surface area contributed by atoms with Crippen LogP contribution in [0.4, 0.5) is 0 Å². The van der Waals surface area contributed by atoms with Crippen LogP contribution in [0.15, 0.2) is 54.7 Å². The molecule has 4 rings (SSSR count). The summed E-state index contributed by atoms with van der Waals surface area (Å²) >= 11 is 5.98. The van der Waals surface area contributed by atoms with Gasteiger partial charge in [0.25, 0.3) is 0 Å². The molecule has 0 saturated carbocycles. The Kier molecular flexibility index (Phi) is 5.26. The lowest BCUT2D eigenvalue weighted by Crippen LogP contribution is -2.23. The number of benzene rings is 2. The summed E-state index contributed by atoms with van der Waals surface area (Å²) in [5, 5.41) is 3.71. The van der Waals surface area contributed by atoms with Crippen molar-refractivity contribution in [1.82, 2.24) is 14.9 Å². The van der Waals surface area contributed by atoms with Gasteiger partial charge in [-0.2, -0.15) is 0 Å². The van der Waals surface area contributed by atoms with Crippen molar-refractivity contribution in [3.63, 3.8) is 0 Å². The zero-order valence-corrected chi connectivity index (χ0v) is 15.9. The van der Waals surface area contributed by atoms with Gasteiger partial charge in [0.2, 0.25) is 5.91 Å². The van der Waals surface area contributed by atoms with Crippen LogP contribution in [0.25, 0.3) is 11.3 Å². The molecule has 0 spiro atoms. The van der Waals surface area contributed by atoms with Gasteiger partial charge in [-0.25, -0.2) is 4.98 Å². The number of hydrogen-bond acceptors (Lipinski definition) is 2. The topological polar surface area (TPSA) is 46.9 Å². The van der Waals surface area contributed by atoms with E-state index in [9.17, 15) is 4.79 Å². The molecule has 0 fully saturated rings. The molecule has 5 heteroatoms. The highest BCUT2D eigenvalue weighted by atomic mass is 35.5. The standard InChI is InChI=1S/C22H22ClN3O/c23-19-7-2-4-16(13-19)9-10-22(27)24-14-17-5-1-6-18(12-17)20-15-26-11-3-8-21(26)25-20/h1-2,4-7,12-13,15H,3,8-11,14H2,(H,24,27). The molecular formula is C22H22ClN3O. The third-order valence-electron chi connectivity index (χ3n) is 4.90. The fourth-order valence-electron chi connectivity index (χ4n) is 3.47. The lowest BCUT2D eigenvalue weighted by atomic mass is 10.1. The number of hydrogen-bond donors (Lipinski definition) is 1. The maximum Gasteiger partial charge on any atom is 0.220 e. The molecule has 1 aliphatic heterocycles. The molecule has 1 amide bonds. The zero-order chi connectivity index (χ0) is 18.6. The summed E-state index contributed by atoms with van der Waals surface area (Å²) in [6, 6.07) is 15.9. The largest absolute Gasteiger partial charge is 0.352 e. The van der Waals surface area contributed by atoms with E-state index in [-0.39, 0.29) is 5.91 Å². The molecule has 1 N–H and O–H groups in total. The molecule has 0 radical (unpaired) electrons. The van der Waals surface area contributed by atoms with Crippen molar-refractivity contribution in [1.29, 1.82) is 0 Å². The average Bonchev–Trinajstić information content (AvgIpc) is 3.27. The molecule has 4 nitrogen and oxygen atoms in total. The second-order valence-corrected chi connectivity index (χ2v) is 7.38. The number of fused-ring (bicyclic) bond motifs is 1. The number of aryl methyl sites for hydroxylation is 3. The van der Waals surface area contributed by atoms with E-state index in [0.717, 1.165) is 35.3 Å². The predicted octanol–water partition coefficient (Wildman–Crippen LogP) is 4.40. The van der Waals surface area contributed by atoms with Crippen LogP contribution in [0.1, 0.15) is 29.8 Å². The second kappa shape index (κ2) is 7.97. The maximum absolute atomic E-state index is 12.2. The predicted molar refractivity (Wildman–Crippen MR) is 108 cm³/mol. The molecular weight excluding hydrogens is 358 g/mol. The number of halogens is 1. The van der Waals surface area contributed by atoms with E-state index in [4.69, 9.17) is 16.6 Å². The summed E-state index contributed by atoms with van der Waals surface area (Å²) in [6.07, 6.45) is 5.51. The van der Waals surface area contributed by atoms with Crippen LogP contribution >= 0.6 is 11.6 Å². The molecule has 3 aromatic rings. The normalized spacial score (nSPS) is 12.8. The van der Waals surface area contributed by atoms with Crippen molar-refractivity contribution >= 4 is 17.5 Å². The van der Waals surface area contributed by atoms with Gasteiger partial charge in [0, 0.05) is 42.7 Å². The van der Waals surface area contributed by atoms with Crippen LogP contribution in [0, 0.1) is 0 Å². The Bertz CT molecular complexity index is 942. The number of amides is 1. The van der Waals surface area contributed by atoms with Gasteiger partial charge < -0.3 is 9.88 Å². The Labute approximate surface area is 164 Å². The lowest BCUT2D eigenvalue weighted by molar-refractivity contribution is -0.121. The average molecular weight is 380 g/mol. The van der Waals surface area contributed by atoms with E-state index in [1.807, 2.05) is 36.4 Å². The summed E-state index contributed by atoms with van der Waals surface area (Å²) < 4.78 is 2.24. The highest BCUT2D eigenvalue weighted by Gasteiger charge is 2.14. The number of imidazole rings is 1. The first-order valence-corrected chi connectivity index (χ1v) is 9.72. The van der Waals surface area contributed by atoms with Crippen molar-refractivity contribution in [2.75, 3.05) is 0 Å². The third-order valence-corrected chi connectivity index (χ3v) is 5.14. The van der Waals surface area contributed by atoms with E-state index in [2.05, 4.69) is 28.2 Å². The minimum Gasteiger partial charge on any atom is -0.352 e. The summed E-state index contributed by atoms with van der Waals surface area (Å²) in [4.78, 5) is 16.9. The molecule has 0 atom stereocenters. The number of nitrogens with zero attached hydrogens (tertiary/aromatic N) is 2. The van der Waals surface area contributed by atoms with Gasteiger partial charge in [-0.3, -0.25) is 4.79 Å². The van der Waals surface area contributed by atoms with Crippen molar-refractivity contribution in [3.8, 4) is 11.3 Å². The highest BCUT2D eigenvalue weighted by Crippen LogP contribution is 2.23. The Morgan fingerprint density at radius 1 is 1.15 bits per heavy atom. The first-order chi connectivity index (χ1) is 13.2. The zero-order valence-electron chi connectivity index (χ0n) is 15.1. The van der Waals surface area contributed by atoms with Crippen LogP contribution < -0.4 is 5.32 Å². The van der Waals surface area contributed by atoms with Gasteiger partial charge in [0.1, 0.15) is 5.82 Å². The van der Waals surface area contributed by atoms with Crippen LogP contribution in [-0.2, 0) is 30.7 Å². The van der Waals surface area contributed by atoms with Crippen LogP contribution in [0.2, 0.25) is 5.02 Å². The number of aromatic nitrogens is 2. The van der Waals surface area contributed by atoms with E-state index in [1.165, 1.54) is 12.2 Å². The smallest absolute Gasteiger partial charge is 0.220 e. The van der Waals surface area contributed by atoms with Gasteiger partial charge in [-0.05, 0) is 42.2 Å². The first-order valence-electron chi connectivity index (χ1n) is 9.34. The summed E-state index contributed by atoms with van der Waals surface area (Å²) in [5.74, 6) is 1.21. The number of nitrogens with one attached hydrogen (secondary N) is 1. The molecule has 1 aromatic heterocycles. The molecule has 0 saturated heterocycles. The molecule has 1 aliphatic rings. The highest BCUT2D eigenvalue weighted by molar-refractivity contribution is 6.30.